The van der Waals surface area contributed by atoms with E-state index in [-0.39, 0.29) is 25.1 Å². The molecule has 1 unspecified atom stereocenters. The Labute approximate surface area is 104 Å². The van der Waals surface area contributed by atoms with Gasteiger partial charge in [0.15, 0.2) is 0 Å². The van der Waals surface area contributed by atoms with Gasteiger partial charge in [0, 0.05) is 6.54 Å². The molecule has 0 heterocycles. The number of rotatable bonds is 7. The van der Waals surface area contributed by atoms with Gasteiger partial charge in [0.2, 0.25) is 0 Å². The number of hydrogen-bond donors (Lipinski definition) is 4. The zero-order valence-corrected chi connectivity index (χ0v) is 9.67. The first kappa shape index (κ1) is 14.0. The minimum Gasteiger partial charge on any atom is -0.508 e. The highest BCUT2D eigenvalue weighted by atomic mass is 16.4. The molecule has 6 heteroatoms. The van der Waals surface area contributed by atoms with Crippen molar-refractivity contribution in [2.45, 2.75) is 18.9 Å². The summed E-state index contributed by atoms with van der Waals surface area (Å²) in [6, 6.07) is 5.37. The predicted octanol–water partition coefficient (Wildman–Crippen LogP) is 0.452. The molecule has 0 aliphatic heterocycles. The van der Waals surface area contributed by atoms with Crippen LogP contribution in [0.4, 0.5) is 0 Å². The number of phenolic OH excluding ortho intramolecular Hbond substituents is 1. The number of carboxylic acid groups (broad SMARTS) is 2. The topological polar surface area (TPSA) is 107 Å². The van der Waals surface area contributed by atoms with Crippen molar-refractivity contribution in [2.75, 3.05) is 6.54 Å². The van der Waals surface area contributed by atoms with Crippen molar-refractivity contribution in [2.24, 2.45) is 0 Å². The summed E-state index contributed by atoms with van der Waals surface area (Å²) in [4.78, 5) is 21.3. The van der Waals surface area contributed by atoms with Crippen molar-refractivity contribution in [1.82, 2.24) is 5.32 Å². The fraction of sp³-hybridized carbons (Fsp3) is 0.333. The molecule has 0 radical (unpaired) electrons. The van der Waals surface area contributed by atoms with Gasteiger partial charge in [0.1, 0.15) is 11.8 Å². The van der Waals surface area contributed by atoms with Gasteiger partial charge in [0.05, 0.1) is 6.42 Å². The molecule has 1 aromatic rings. The van der Waals surface area contributed by atoms with Crippen LogP contribution in [-0.4, -0.2) is 39.8 Å². The molecule has 0 aliphatic carbocycles. The Morgan fingerprint density at radius 1 is 1.17 bits per heavy atom. The standard InChI is InChI=1S/C12H15NO5/c14-9-3-1-8(2-4-9)7-10(12(17)18)13-6-5-11(15)16/h1-4,10,13-14H,5-7H2,(H,15,16)(H,17,18). The third kappa shape index (κ3) is 4.84. The van der Waals surface area contributed by atoms with E-state index in [1.807, 2.05) is 0 Å². The average Bonchev–Trinajstić information content (AvgIpc) is 2.30. The average molecular weight is 253 g/mol. The van der Waals surface area contributed by atoms with E-state index in [2.05, 4.69) is 5.32 Å². The fourth-order valence-corrected chi connectivity index (χ4v) is 1.47. The first-order chi connectivity index (χ1) is 8.49. The molecule has 0 amide bonds. The molecule has 0 aromatic heterocycles. The van der Waals surface area contributed by atoms with Crippen molar-refractivity contribution in [3.63, 3.8) is 0 Å². The van der Waals surface area contributed by atoms with Crippen molar-refractivity contribution < 1.29 is 24.9 Å². The molecular formula is C12H15NO5. The molecule has 98 valence electrons. The summed E-state index contributed by atoms with van der Waals surface area (Å²) in [5.41, 5.74) is 0.753. The predicted molar refractivity (Wildman–Crippen MR) is 63.5 cm³/mol. The summed E-state index contributed by atoms with van der Waals surface area (Å²) in [6.07, 6.45) is 0.106. The summed E-state index contributed by atoms with van der Waals surface area (Å²) in [7, 11) is 0. The zero-order valence-electron chi connectivity index (χ0n) is 9.67. The van der Waals surface area contributed by atoms with Gasteiger partial charge < -0.3 is 20.6 Å². The highest BCUT2D eigenvalue weighted by Crippen LogP contribution is 2.11. The van der Waals surface area contributed by atoms with Crippen molar-refractivity contribution >= 4 is 11.9 Å². The molecule has 0 saturated heterocycles. The molecule has 18 heavy (non-hydrogen) atoms. The Balaban J connectivity index is 2.54. The van der Waals surface area contributed by atoms with Gasteiger partial charge in [-0.25, -0.2) is 0 Å². The van der Waals surface area contributed by atoms with E-state index in [9.17, 15) is 9.59 Å². The minimum atomic E-state index is -1.03. The second kappa shape index (κ2) is 6.61. The lowest BCUT2D eigenvalue weighted by atomic mass is 10.1. The van der Waals surface area contributed by atoms with E-state index in [1.165, 1.54) is 12.1 Å². The Morgan fingerprint density at radius 2 is 1.78 bits per heavy atom. The van der Waals surface area contributed by atoms with Gasteiger partial charge >= 0.3 is 11.9 Å². The number of benzene rings is 1. The van der Waals surface area contributed by atoms with Gasteiger partial charge in [-0.2, -0.15) is 0 Å². The fourth-order valence-electron chi connectivity index (χ4n) is 1.47. The maximum absolute atomic E-state index is 11.0. The first-order valence-electron chi connectivity index (χ1n) is 5.45. The molecule has 0 bridgehead atoms. The van der Waals surface area contributed by atoms with Crippen LogP contribution in [0, 0.1) is 0 Å². The van der Waals surface area contributed by atoms with Crippen molar-refractivity contribution in [3.05, 3.63) is 29.8 Å². The molecule has 1 aromatic carbocycles. The Kier molecular flexibility index (Phi) is 5.13. The van der Waals surface area contributed by atoms with Crippen LogP contribution in [0.1, 0.15) is 12.0 Å². The van der Waals surface area contributed by atoms with E-state index < -0.39 is 18.0 Å². The number of hydrogen-bond acceptors (Lipinski definition) is 4. The monoisotopic (exact) mass is 253 g/mol. The maximum atomic E-state index is 11.0. The van der Waals surface area contributed by atoms with Gasteiger partial charge in [-0.15, -0.1) is 0 Å². The lowest BCUT2D eigenvalue weighted by Gasteiger charge is -2.13. The summed E-state index contributed by atoms with van der Waals surface area (Å²) in [6.45, 7) is 0.102. The van der Waals surface area contributed by atoms with E-state index in [0.717, 1.165) is 5.56 Å². The first-order valence-corrected chi connectivity index (χ1v) is 5.45. The SMILES string of the molecule is O=C(O)CCNC(Cc1ccc(O)cc1)C(=O)O. The van der Waals surface area contributed by atoms with E-state index >= 15 is 0 Å². The second-order valence-corrected chi connectivity index (χ2v) is 3.86. The van der Waals surface area contributed by atoms with Crippen LogP contribution in [0.15, 0.2) is 24.3 Å². The molecule has 1 atom stereocenters. The number of carboxylic acids is 2. The number of carbonyl (C=O) groups is 2. The molecule has 0 spiro atoms. The molecular weight excluding hydrogens is 238 g/mol. The van der Waals surface area contributed by atoms with E-state index in [4.69, 9.17) is 15.3 Å². The number of aliphatic carboxylic acids is 2. The summed E-state index contributed by atoms with van der Waals surface area (Å²) >= 11 is 0. The van der Waals surface area contributed by atoms with Crippen LogP contribution >= 0.6 is 0 Å². The number of nitrogens with one attached hydrogen (secondary N) is 1. The third-order valence-corrected chi connectivity index (χ3v) is 2.40. The minimum absolute atomic E-state index is 0.102. The van der Waals surface area contributed by atoms with Gasteiger partial charge in [-0.1, -0.05) is 12.1 Å². The smallest absolute Gasteiger partial charge is 0.321 e. The second-order valence-electron chi connectivity index (χ2n) is 3.86. The number of aromatic hydroxyl groups is 1. The summed E-state index contributed by atoms with van der Waals surface area (Å²) in [5, 5.41) is 29.2. The van der Waals surface area contributed by atoms with Crippen LogP contribution in [0.3, 0.4) is 0 Å². The quantitative estimate of drug-likeness (QED) is 0.562. The maximum Gasteiger partial charge on any atom is 0.321 e. The van der Waals surface area contributed by atoms with E-state index in [1.54, 1.807) is 12.1 Å². The molecule has 0 saturated carbocycles. The normalized spacial score (nSPS) is 12.0. The third-order valence-electron chi connectivity index (χ3n) is 2.40. The lowest BCUT2D eigenvalue weighted by Crippen LogP contribution is -2.39. The molecule has 6 nitrogen and oxygen atoms in total. The largest absolute Gasteiger partial charge is 0.508 e. The molecule has 4 N–H and O–H groups in total. The summed E-state index contributed by atoms with van der Waals surface area (Å²) < 4.78 is 0. The van der Waals surface area contributed by atoms with Gasteiger partial charge in [-0.3, -0.25) is 9.59 Å². The van der Waals surface area contributed by atoms with Crippen LogP contribution < -0.4 is 5.32 Å². The van der Waals surface area contributed by atoms with Gasteiger partial charge in [0.25, 0.3) is 0 Å². The van der Waals surface area contributed by atoms with E-state index in [0.29, 0.717) is 0 Å². The number of phenols is 1. The van der Waals surface area contributed by atoms with Crippen molar-refractivity contribution in [1.29, 1.82) is 0 Å². The lowest BCUT2D eigenvalue weighted by molar-refractivity contribution is -0.140. The molecule has 0 fully saturated rings. The Morgan fingerprint density at radius 3 is 2.28 bits per heavy atom. The van der Waals surface area contributed by atoms with Crippen molar-refractivity contribution in [3.8, 4) is 5.75 Å². The molecule has 1 rings (SSSR count). The highest BCUT2D eigenvalue weighted by molar-refractivity contribution is 5.74. The highest BCUT2D eigenvalue weighted by Gasteiger charge is 2.17. The molecule has 0 aliphatic rings. The Hall–Kier alpha value is -2.08. The van der Waals surface area contributed by atoms with Gasteiger partial charge in [-0.05, 0) is 24.1 Å². The zero-order chi connectivity index (χ0) is 13.5. The summed E-state index contributed by atoms with van der Waals surface area (Å²) in [5.74, 6) is -1.89. The van der Waals surface area contributed by atoms with Crippen LogP contribution in [0.5, 0.6) is 5.75 Å². The van der Waals surface area contributed by atoms with Crippen LogP contribution in [0.25, 0.3) is 0 Å². The van der Waals surface area contributed by atoms with Crippen LogP contribution in [0.2, 0.25) is 0 Å². The Bertz CT molecular complexity index is 415. The van der Waals surface area contributed by atoms with Crippen LogP contribution in [-0.2, 0) is 16.0 Å².